The summed E-state index contributed by atoms with van der Waals surface area (Å²) in [6, 6.07) is 18.0. The fraction of sp³-hybridized carbons (Fsp3) is 0.333. The molecule has 2 heterocycles. The fourth-order valence-corrected chi connectivity index (χ4v) is 3.99. The molecule has 34 heavy (non-hydrogen) atoms. The molecule has 7 heteroatoms. The number of ether oxygens (including phenoxy) is 1. The van der Waals surface area contributed by atoms with Gasteiger partial charge in [0, 0.05) is 48.3 Å². The molecule has 1 fully saturated rings. The summed E-state index contributed by atoms with van der Waals surface area (Å²) >= 11 is 0. The number of amides is 1. The molecule has 7 nitrogen and oxygen atoms in total. The number of hydrogen-bond donors (Lipinski definition) is 1. The van der Waals surface area contributed by atoms with Crippen LogP contribution in [0.1, 0.15) is 31.1 Å². The van der Waals surface area contributed by atoms with Crippen LogP contribution in [0.2, 0.25) is 0 Å². The van der Waals surface area contributed by atoms with Crippen molar-refractivity contribution < 1.29 is 25.2 Å². The molecule has 178 valence electrons. The third kappa shape index (κ3) is 5.66. The van der Waals surface area contributed by atoms with Gasteiger partial charge in [-0.25, -0.2) is 0 Å². The lowest BCUT2D eigenvalue weighted by Crippen LogP contribution is -2.51. The highest BCUT2D eigenvalue weighted by molar-refractivity contribution is 5.94. The van der Waals surface area contributed by atoms with E-state index in [-0.39, 0.29) is 24.4 Å². The third-order valence-electron chi connectivity index (χ3n) is 5.79. The van der Waals surface area contributed by atoms with Crippen molar-refractivity contribution >= 4 is 11.9 Å². The molecule has 1 N–H and O–H groups in total. The molecule has 3 aromatic rings. The second-order valence-electron chi connectivity index (χ2n) is 8.79. The van der Waals surface area contributed by atoms with Crippen molar-refractivity contribution in [2.24, 2.45) is 5.92 Å². The van der Waals surface area contributed by atoms with Crippen molar-refractivity contribution in [2.45, 2.75) is 26.4 Å². The molecule has 1 aliphatic heterocycles. The first kappa shape index (κ1) is 22.2. The zero-order valence-corrected chi connectivity index (χ0v) is 19.4. The van der Waals surface area contributed by atoms with Crippen LogP contribution in [0.4, 0.5) is 0 Å². The number of rotatable bonds is 10. The SMILES string of the molecule is [2H]C(c1ccccc1OCC1CN(CC(=O)O)C1)N(C(=O)c1ccc(-c2ccco2)cc1)C(C)C. The summed E-state index contributed by atoms with van der Waals surface area (Å²) in [4.78, 5) is 27.7. The van der Waals surface area contributed by atoms with Gasteiger partial charge in [-0.1, -0.05) is 30.3 Å². The van der Waals surface area contributed by atoms with Crippen LogP contribution in [0.5, 0.6) is 5.75 Å². The van der Waals surface area contributed by atoms with Crippen molar-refractivity contribution in [1.82, 2.24) is 9.80 Å². The Morgan fingerprint density at radius 1 is 1.15 bits per heavy atom. The van der Waals surface area contributed by atoms with E-state index in [4.69, 9.17) is 15.6 Å². The first-order valence-corrected chi connectivity index (χ1v) is 11.4. The molecular formula is C27H30N2O5. The molecule has 1 aromatic heterocycles. The van der Waals surface area contributed by atoms with Crippen LogP contribution in [0.15, 0.2) is 71.3 Å². The van der Waals surface area contributed by atoms with Gasteiger partial charge >= 0.3 is 5.97 Å². The van der Waals surface area contributed by atoms with Gasteiger partial charge in [0.15, 0.2) is 0 Å². The van der Waals surface area contributed by atoms with Gasteiger partial charge in [0.05, 0.1) is 20.8 Å². The lowest BCUT2D eigenvalue weighted by molar-refractivity contribution is -0.140. The molecule has 2 aromatic carbocycles. The van der Waals surface area contributed by atoms with Gasteiger partial charge in [0.1, 0.15) is 11.5 Å². The van der Waals surface area contributed by atoms with E-state index in [0.717, 1.165) is 11.3 Å². The smallest absolute Gasteiger partial charge is 0.317 e. The van der Waals surface area contributed by atoms with E-state index >= 15 is 0 Å². The molecule has 1 aliphatic rings. The second kappa shape index (κ2) is 10.6. The molecule has 1 atom stereocenters. The van der Waals surface area contributed by atoms with E-state index in [1.165, 1.54) is 0 Å². The van der Waals surface area contributed by atoms with Crippen LogP contribution in [-0.2, 0) is 11.3 Å². The average molecular weight is 464 g/mol. The van der Waals surface area contributed by atoms with E-state index in [9.17, 15) is 9.59 Å². The number of likely N-dealkylation sites (tertiary alicyclic amines) is 1. The van der Waals surface area contributed by atoms with Crippen molar-refractivity contribution in [2.75, 3.05) is 26.2 Å². The van der Waals surface area contributed by atoms with Crippen LogP contribution in [0.25, 0.3) is 11.3 Å². The topological polar surface area (TPSA) is 83.2 Å². The average Bonchev–Trinajstić information content (AvgIpc) is 3.35. The summed E-state index contributed by atoms with van der Waals surface area (Å²) in [5, 5.41) is 8.89. The first-order chi connectivity index (χ1) is 16.8. The first-order valence-electron chi connectivity index (χ1n) is 12.0. The number of carboxylic acids is 1. The number of carboxylic acid groups (broad SMARTS) is 1. The summed E-state index contributed by atoms with van der Waals surface area (Å²) in [5.41, 5.74) is 1.99. The Balaban J connectivity index is 1.46. The van der Waals surface area contributed by atoms with E-state index < -0.39 is 12.5 Å². The Hall–Kier alpha value is -3.58. The van der Waals surface area contributed by atoms with Crippen LogP contribution in [0.3, 0.4) is 0 Å². The van der Waals surface area contributed by atoms with Gasteiger partial charge in [0.2, 0.25) is 0 Å². The lowest BCUT2D eigenvalue weighted by Gasteiger charge is -2.38. The normalized spacial score (nSPS) is 15.4. The van der Waals surface area contributed by atoms with Gasteiger partial charge in [-0.05, 0) is 44.2 Å². The monoisotopic (exact) mass is 463 g/mol. The minimum atomic E-state index is -0.951. The number of carbonyl (C=O) groups excluding carboxylic acids is 1. The Morgan fingerprint density at radius 2 is 1.88 bits per heavy atom. The lowest BCUT2D eigenvalue weighted by atomic mass is 10.0. The van der Waals surface area contributed by atoms with Crippen molar-refractivity contribution in [3.05, 3.63) is 78.1 Å². The van der Waals surface area contributed by atoms with E-state index in [0.29, 0.717) is 36.6 Å². The van der Waals surface area contributed by atoms with Crippen LogP contribution < -0.4 is 4.74 Å². The Labute approximate surface area is 201 Å². The molecule has 0 radical (unpaired) electrons. The van der Waals surface area contributed by atoms with Crippen molar-refractivity contribution in [3.8, 4) is 17.1 Å². The molecule has 0 saturated carbocycles. The summed E-state index contributed by atoms with van der Waals surface area (Å²) in [7, 11) is 0. The molecular weight excluding hydrogens is 432 g/mol. The summed E-state index contributed by atoms with van der Waals surface area (Å²) in [6.07, 6.45) is 1.61. The highest BCUT2D eigenvalue weighted by Crippen LogP contribution is 2.25. The summed E-state index contributed by atoms with van der Waals surface area (Å²) < 4.78 is 20.4. The maximum atomic E-state index is 13.4. The minimum Gasteiger partial charge on any atom is -0.493 e. The van der Waals surface area contributed by atoms with Gasteiger partial charge < -0.3 is 19.2 Å². The van der Waals surface area contributed by atoms with Gasteiger partial charge in [0.25, 0.3) is 5.91 Å². The largest absolute Gasteiger partial charge is 0.493 e. The highest BCUT2D eigenvalue weighted by Gasteiger charge is 2.29. The number of furan rings is 1. The molecule has 1 unspecified atom stereocenters. The van der Waals surface area contributed by atoms with Crippen LogP contribution in [0, 0.1) is 5.92 Å². The van der Waals surface area contributed by atoms with E-state index in [2.05, 4.69) is 0 Å². The standard InChI is InChI=1S/C27H30N2O5/c1-19(2)29(27(32)22-11-9-21(10-12-22)24-8-5-13-33-24)16-23-6-3-4-7-25(23)34-18-20-14-28(15-20)17-26(30)31/h3-13,19-20H,14-18H2,1-2H3,(H,30,31)/i16D. The van der Waals surface area contributed by atoms with Crippen molar-refractivity contribution in [1.29, 1.82) is 0 Å². The van der Waals surface area contributed by atoms with Gasteiger partial charge in [-0.3, -0.25) is 14.5 Å². The third-order valence-corrected chi connectivity index (χ3v) is 5.79. The van der Waals surface area contributed by atoms with Gasteiger partial charge in [-0.15, -0.1) is 0 Å². The summed E-state index contributed by atoms with van der Waals surface area (Å²) in [5.74, 6) is 0.467. The summed E-state index contributed by atoms with van der Waals surface area (Å²) in [6.45, 7) is 4.65. The Morgan fingerprint density at radius 3 is 2.53 bits per heavy atom. The van der Waals surface area contributed by atoms with Gasteiger partial charge in [-0.2, -0.15) is 0 Å². The number of aliphatic carboxylic acids is 1. The predicted molar refractivity (Wildman–Crippen MR) is 129 cm³/mol. The zero-order valence-electron chi connectivity index (χ0n) is 20.4. The number of benzene rings is 2. The highest BCUT2D eigenvalue weighted by atomic mass is 16.5. The van der Waals surface area contributed by atoms with Crippen molar-refractivity contribution in [3.63, 3.8) is 0 Å². The second-order valence-corrected chi connectivity index (χ2v) is 8.79. The maximum Gasteiger partial charge on any atom is 0.317 e. The minimum absolute atomic E-state index is 0.0375. The molecule has 4 rings (SSSR count). The van der Waals surface area contributed by atoms with Crippen LogP contribution >= 0.6 is 0 Å². The number of nitrogens with zero attached hydrogens (tertiary/aromatic N) is 2. The molecule has 1 amide bonds. The molecule has 0 bridgehead atoms. The predicted octanol–water partition coefficient (Wildman–Crippen LogP) is 4.39. The fourth-order valence-electron chi connectivity index (χ4n) is 3.99. The molecule has 1 saturated heterocycles. The molecule has 0 spiro atoms. The Kier molecular flexibility index (Phi) is 6.91. The van der Waals surface area contributed by atoms with E-state index in [1.54, 1.807) is 23.3 Å². The molecule has 0 aliphatic carbocycles. The number of hydrogen-bond acceptors (Lipinski definition) is 5. The van der Waals surface area contributed by atoms with E-state index in [1.807, 2.05) is 67.3 Å². The number of para-hydroxylation sites is 1. The maximum absolute atomic E-state index is 13.4. The zero-order chi connectivity index (χ0) is 24.9. The number of carbonyl (C=O) groups is 2. The van der Waals surface area contributed by atoms with Crippen LogP contribution in [-0.4, -0.2) is 59.1 Å². The quantitative estimate of drug-likeness (QED) is 0.480. The Bertz CT molecular complexity index is 1140.